The number of rotatable bonds is 6. The van der Waals surface area contributed by atoms with E-state index >= 15 is 0 Å². The molecule has 90 valence electrons. The van der Waals surface area contributed by atoms with Crippen LogP contribution >= 0.6 is 6.49 Å². The van der Waals surface area contributed by atoms with Gasteiger partial charge in [0.15, 0.2) is 5.85 Å². The van der Waals surface area contributed by atoms with Gasteiger partial charge in [-0.05, 0) is 31.2 Å². The van der Waals surface area contributed by atoms with Gasteiger partial charge in [0.25, 0.3) is 0 Å². The molecule has 1 unspecified atom stereocenters. The van der Waals surface area contributed by atoms with Crippen molar-refractivity contribution in [2.45, 2.75) is 19.7 Å². The molecule has 0 aliphatic heterocycles. The summed E-state index contributed by atoms with van der Waals surface area (Å²) < 4.78 is 10.9. The van der Waals surface area contributed by atoms with Gasteiger partial charge in [-0.2, -0.15) is 0 Å². The fourth-order valence-corrected chi connectivity index (χ4v) is 3.96. The molecule has 1 atom stereocenters. The van der Waals surface area contributed by atoms with Gasteiger partial charge < -0.3 is 14.2 Å². The van der Waals surface area contributed by atoms with Gasteiger partial charge >= 0.3 is 0 Å². The van der Waals surface area contributed by atoms with Gasteiger partial charge in [-0.3, -0.25) is 0 Å². The van der Waals surface area contributed by atoms with Gasteiger partial charge in [0.05, 0.1) is 13.2 Å². The highest BCUT2D eigenvalue weighted by molar-refractivity contribution is 8.09. The second-order valence-electron chi connectivity index (χ2n) is 3.16. The highest BCUT2D eigenvalue weighted by Gasteiger charge is 2.29. The molecule has 1 rings (SSSR count). The Morgan fingerprint density at radius 3 is 2.12 bits per heavy atom. The first-order valence-corrected chi connectivity index (χ1v) is 7.96. The number of benzene rings is 1. The third kappa shape index (κ3) is 3.37. The molecule has 0 saturated heterocycles. The van der Waals surface area contributed by atoms with E-state index in [9.17, 15) is 5.11 Å². The van der Waals surface area contributed by atoms with Gasteiger partial charge in [-0.15, -0.1) is 0 Å². The molecule has 0 saturated carbocycles. The first kappa shape index (κ1) is 13.8. The van der Waals surface area contributed by atoms with Crippen LogP contribution in [-0.2, 0) is 20.9 Å². The minimum absolute atomic E-state index is 0.446. The van der Waals surface area contributed by atoms with Crippen molar-refractivity contribution in [2.75, 3.05) is 13.2 Å². The summed E-state index contributed by atoms with van der Waals surface area (Å²) in [7, 11) is 0. The van der Waals surface area contributed by atoms with Crippen molar-refractivity contribution in [2.24, 2.45) is 0 Å². The first-order valence-electron chi connectivity index (χ1n) is 5.26. The summed E-state index contributed by atoms with van der Waals surface area (Å²) >= 11 is 5.32. The number of aliphatic hydroxyl groups is 1. The normalized spacial score (nSPS) is 13.7. The maximum Gasteiger partial charge on any atom is 0.221 e. The van der Waals surface area contributed by atoms with E-state index in [0.29, 0.717) is 13.2 Å². The SMILES string of the molecule is CCOP(=S)(OCC)C(O)c1ccccc1. The van der Waals surface area contributed by atoms with Crippen LogP contribution in [0.4, 0.5) is 0 Å². The van der Waals surface area contributed by atoms with E-state index in [0.717, 1.165) is 5.56 Å². The van der Waals surface area contributed by atoms with Crippen LogP contribution in [0.25, 0.3) is 0 Å². The number of aliphatic hydroxyl groups excluding tert-OH is 1. The average molecular weight is 260 g/mol. The van der Waals surface area contributed by atoms with Crippen LogP contribution in [0.3, 0.4) is 0 Å². The average Bonchev–Trinajstić information content (AvgIpc) is 2.30. The maximum absolute atomic E-state index is 10.2. The molecule has 16 heavy (non-hydrogen) atoms. The zero-order chi connectivity index (χ0) is 12.0. The summed E-state index contributed by atoms with van der Waals surface area (Å²) in [6.45, 7) is 1.94. The van der Waals surface area contributed by atoms with Crippen LogP contribution in [0.2, 0.25) is 0 Å². The summed E-state index contributed by atoms with van der Waals surface area (Å²) in [6.07, 6.45) is 0. The molecular formula is C11H17O3PS. The molecule has 0 spiro atoms. The summed E-state index contributed by atoms with van der Waals surface area (Å²) in [6, 6.07) is 9.25. The van der Waals surface area contributed by atoms with E-state index in [1.165, 1.54) is 0 Å². The quantitative estimate of drug-likeness (QED) is 0.798. The van der Waals surface area contributed by atoms with Crippen molar-refractivity contribution >= 4 is 18.3 Å². The highest BCUT2D eigenvalue weighted by atomic mass is 32.5. The smallest absolute Gasteiger partial charge is 0.221 e. The summed E-state index contributed by atoms with van der Waals surface area (Å²) in [5.74, 6) is -0.858. The van der Waals surface area contributed by atoms with E-state index in [-0.39, 0.29) is 0 Å². The Morgan fingerprint density at radius 1 is 1.19 bits per heavy atom. The van der Waals surface area contributed by atoms with Crippen LogP contribution < -0.4 is 0 Å². The molecule has 0 radical (unpaired) electrons. The van der Waals surface area contributed by atoms with E-state index < -0.39 is 12.3 Å². The van der Waals surface area contributed by atoms with Crippen molar-refractivity contribution in [1.29, 1.82) is 0 Å². The Bertz CT molecular complexity index is 346. The van der Waals surface area contributed by atoms with Crippen LogP contribution in [-0.4, -0.2) is 18.3 Å². The number of hydrogen-bond donors (Lipinski definition) is 1. The van der Waals surface area contributed by atoms with Gasteiger partial charge in [-0.25, -0.2) is 0 Å². The molecule has 1 N–H and O–H groups in total. The lowest BCUT2D eigenvalue weighted by Crippen LogP contribution is -2.05. The molecular weight excluding hydrogens is 243 g/mol. The highest BCUT2D eigenvalue weighted by Crippen LogP contribution is 2.59. The zero-order valence-corrected chi connectivity index (χ0v) is 11.2. The minimum Gasteiger partial charge on any atom is -0.378 e. The Kier molecular flexibility index (Phi) is 5.59. The molecule has 0 amide bonds. The molecule has 0 bridgehead atoms. The number of hydrogen-bond acceptors (Lipinski definition) is 4. The summed E-state index contributed by atoms with van der Waals surface area (Å²) in [4.78, 5) is 0. The topological polar surface area (TPSA) is 38.7 Å². The Hall–Kier alpha value is -0.250. The third-order valence-corrected chi connectivity index (χ3v) is 5.38. The van der Waals surface area contributed by atoms with Crippen LogP contribution in [0.5, 0.6) is 0 Å². The van der Waals surface area contributed by atoms with E-state index in [4.69, 9.17) is 20.9 Å². The maximum atomic E-state index is 10.2. The van der Waals surface area contributed by atoms with E-state index in [2.05, 4.69) is 0 Å². The van der Waals surface area contributed by atoms with Crippen LogP contribution in [0, 0.1) is 0 Å². The largest absolute Gasteiger partial charge is 0.378 e. The summed E-state index contributed by atoms with van der Waals surface area (Å²) in [5.41, 5.74) is 0.743. The lowest BCUT2D eigenvalue weighted by molar-refractivity contribution is 0.184. The predicted molar refractivity (Wildman–Crippen MR) is 68.9 cm³/mol. The van der Waals surface area contributed by atoms with Crippen molar-refractivity contribution < 1.29 is 14.2 Å². The molecule has 5 heteroatoms. The second-order valence-corrected chi connectivity index (χ2v) is 6.77. The Labute approximate surface area is 102 Å². The van der Waals surface area contributed by atoms with E-state index in [1.54, 1.807) is 0 Å². The van der Waals surface area contributed by atoms with Gasteiger partial charge in [-0.1, -0.05) is 30.3 Å². The molecule has 0 aliphatic carbocycles. The van der Waals surface area contributed by atoms with Crippen molar-refractivity contribution in [3.8, 4) is 0 Å². The van der Waals surface area contributed by atoms with Crippen LogP contribution in [0.15, 0.2) is 30.3 Å². The summed E-state index contributed by atoms with van der Waals surface area (Å²) in [5, 5.41) is 10.2. The zero-order valence-electron chi connectivity index (χ0n) is 9.50. The molecule has 0 heterocycles. The van der Waals surface area contributed by atoms with Crippen molar-refractivity contribution in [3.05, 3.63) is 35.9 Å². The molecule has 1 aromatic carbocycles. The minimum atomic E-state index is -2.64. The standard InChI is InChI=1S/C11H17O3PS/c1-3-13-15(16,14-4-2)11(12)10-8-6-5-7-9-10/h5-9,11-12H,3-4H2,1-2H3. The third-order valence-electron chi connectivity index (χ3n) is 2.02. The fraction of sp³-hybridized carbons (Fsp3) is 0.455. The molecule has 0 aromatic heterocycles. The molecule has 3 nitrogen and oxygen atoms in total. The van der Waals surface area contributed by atoms with Gasteiger partial charge in [0, 0.05) is 0 Å². The van der Waals surface area contributed by atoms with Crippen molar-refractivity contribution in [1.82, 2.24) is 0 Å². The lowest BCUT2D eigenvalue weighted by Gasteiger charge is -2.26. The predicted octanol–water partition coefficient (Wildman–Crippen LogP) is 3.06. The Morgan fingerprint density at radius 2 is 1.69 bits per heavy atom. The van der Waals surface area contributed by atoms with E-state index in [1.807, 2.05) is 44.2 Å². The fourth-order valence-electron chi connectivity index (χ4n) is 1.35. The van der Waals surface area contributed by atoms with Crippen molar-refractivity contribution in [3.63, 3.8) is 0 Å². The second kappa shape index (κ2) is 6.48. The lowest BCUT2D eigenvalue weighted by atomic mass is 10.2. The first-order chi connectivity index (χ1) is 7.64. The van der Waals surface area contributed by atoms with Crippen LogP contribution in [0.1, 0.15) is 25.3 Å². The molecule has 0 aliphatic rings. The van der Waals surface area contributed by atoms with Gasteiger partial charge in [0.1, 0.15) is 0 Å². The Balaban J connectivity index is 2.91. The monoisotopic (exact) mass is 260 g/mol. The van der Waals surface area contributed by atoms with Gasteiger partial charge in [0.2, 0.25) is 6.49 Å². The molecule has 1 aromatic rings. The molecule has 0 fully saturated rings.